The summed E-state index contributed by atoms with van der Waals surface area (Å²) in [6.07, 6.45) is 1.87. The highest BCUT2D eigenvalue weighted by molar-refractivity contribution is 5.90. The molecule has 2 aromatic rings. The topological polar surface area (TPSA) is 62.6 Å². The van der Waals surface area contributed by atoms with E-state index in [1.165, 1.54) is 7.11 Å². The Labute approximate surface area is 122 Å². The number of methoxy groups -OCH3 is 1. The van der Waals surface area contributed by atoms with Gasteiger partial charge in [-0.2, -0.15) is 5.10 Å². The zero-order valence-electron chi connectivity index (χ0n) is 11.9. The van der Waals surface area contributed by atoms with E-state index in [-0.39, 0.29) is 6.10 Å². The predicted octanol–water partition coefficient (Wildman–Crippen LogP) is 1.74. The van der Waals surface area contributed by atoms with Gasteiger partial charge in [-0.1, -0.05) is 0 Å². The number of carbonyl (C=O) groups excluding carboxylic acids is 1. The van der Waals surface area contributed by atoms with Crippen LogP contribution in [0.1, 0.15) is 16.1 Å². The van der Waals surface area contributed by atoms with Crippen molar-refractivity contribution in [2.24, 2.45) is 0 Å². The molecule has 6 nitrogen and oxygen atoms in total. The Hall–Kier alpha value is -2.34. The molecule has 1 aliphatic heterocycles. The van der Waals surface area contributed by atoms with Gasteiger partial charge >= 0.3 is 5.97 Å². The molecule has 6 heteroatoms. The van der Waals surface area contributed by atoms with E-state index in [0.717, 1.165) is 11.4 Å². The van der Waals surface area contributed by atoms with Crippen molar-refractivity contribution in [3.8, 4) is 11.4 Å². The van der Waals surface area contributed by atoms with Crippen molar-refractivity contribution in [2.75, 3.05) is 20.3 Å². The van der Waals surface area contributed by atoms with Gasteiger partial charge in [-0.3, -0.25) is 0 Å². The molecule has 0 aliphatic carbocycles. The predicted molar refractivity (Wildman–Crippen MR) is 74.9 cm³/mol. The lowest BCUT2D eigenvalue weighted by atomic mass is 10.2. The third-order valence-electron chi connectivity index (χ3n) is 3.21. The summed E-state index contributed by atoms with van der Waals surface area (Å²) in [5.74, 6) is 0.199. The fourth-order valence-electron chi connectivity index (χ4n) is 2.05. The van der Waals surface area contributed by atoms with E-state index in [1.54, 1.807) is 16.8 Å². The molecule has 1 aromatic carbocycles. The monoisotopic (exact) mass is 288 g/mol. The molecule has 110 valence electrons. The van der Waals surface area contributed by atoms with E-state index in [0.29, 0.717) is 24.5 Å². The van der Waals surface area contributed by atoms with E-state index >= 15 is 0 Å². The fourth-order valence-corrected chi connectivity index (χ4v) is 2.05. The van der Waals surface area contributed by atoms with Gasteiger partial charge in [0.2, 0.25) is 0 Å². The Kier molecular flexibility index (Phi) is 3.62. The number of hydrogen-bond acceptors (Lipinski definition) is 5. The van der Waals surface area contributed by atoms with Crippen molar-refractivity contribution in [1.82, 2.24) is 9.78 Å². The summed E-state index contributed by atoms with van der Waals surface area (Å²) in [7, 11) is 1.35. The van der Waals surface area contributed by atoms with Crippen LogP contribution in [0.3, 0.4) is 0 Å². The standard InChI is InChI=1S/C15H16N2O4/c1-10-3-4-17(16-10)12-5-11(15(18)19-2)6-13(7-12)21-14-8-20-9-14/h3-7,14H,8-9H2,1-2H3. The second-order valence-electron chi connectivity index (χ2n) is 4.89. The van der Waals surface area contributed by atoms with Crippen LogP contribution in [0.25, 0.3) is 5.69 Å². The maximum absolute atomic E-state index is 11.8. The van der Waals surface area contributed by atoms with Crippen LogP contribution in [0.15, 0.2) is 30.5 Å². The van der Waals surface area contributed by atoms with Crippen LogP contribution in [0.4, 0.5) is 0 Å². The Bertz CT molecular complexity index is 661. The quantitative estimate of drug-likeness (QED) is 0.802. The molecule has 0 radical (unpaired) electrons. The minimum absolute atomic E-state index is 0.0325. The summed E-state index contributed by atoms with van der Waals surface area (Å²) in [5, 5.41) is 4.35. The van der Waals surface area contributed by atoms with Gasteiger partial charge < -0.3 is 14.2 Å². The minimum Gasteiger partial charge on any atom is -0.485 e. The molecule has 2 heterocycles. The molecule has 1 aliphatic rings. The van der Waals surface area contributed by atoms with Gasteiger partial charge in [-0.25, -0.2) is 9.48 Å². The lowest BCUT2D eigenvalue weighted by molar-refractivity contribution is -0.0797. The maximum atomic E-state index is 11.8. The molecular weight excluding hydrogens is 272 g/mol. The number of benzene rings is 1. The van der Waals surface area contributed by atoms with Crippen molar-refractivity contribution in [2.45, 2.75) is 13.0 Å². The first-order valence-electron chi connectivity index (χ1n) is 6.66. The summed E-state index contributed by atoms with van der Waals surface area (Å²) in [5.41, 5.74) is 2.08. The largest absolute Gasteiger partial charge is 0.485 e. The zero-order valence-corrected chi connectivity index (χ0v) is 11.9. The van der Waals surface area contributed by atoms with Gasteiger partial charge in [-0.15, -0.1) is 0 Å². The van der Waals surface area contributed by atoms with Crippen LogP contribution < -0.4 is 4.74 Å². The van der Waals surface area contributed by atoms with E-state index in [9.17, 15) is 4.79 Å². The van der Waals surface area contributed by atoms with Gasteiger partial charge in [0.1, 0.15) is 11.9 Å². The lowest BCUT2D eigenvalue weighted by Crippen LogP contribution is -2.38. The van der Waals surface area contributed by atoms with Gasteiger partial charge in [0.25, 0.3) is 0 Å². The molecule has 0 atom stereocenters. The number of esters is 1. The summed E-state index contributed by atoms with van der Waals surface area (Å²) in [4.78, 5) is 11.8. The van der Waals surface area contributed by atoms with Gasteiger partial charge in [-0.05, 0) is 25.1 Å². The number of nitrogens with zero attached hydrogens (tertiary/aromatic N) is 2. The van der Waals surface area contributed by atoms with Gasteiger partial charge in [0.05, 0.1) is 37.3 Å². The zero-order chi connectivity index (χ0) is 14.8. The third-order valence-corrected chi connectivity index (χ3v) is 3.21. The number of carbonyl (C=O) groups is 1. The van der Waals surface area contributed by atoms with E-state index in [2.05, 4.69) is 5.10 Å². The Balaban J connectivity index is 1.97. The molecule has 1 fully saturated rings. The summed E-state index contributed by atoms with van der Waals surface area (Å²) < 4.78 is 17.4. The number of rotatable bonds is 4. The van der Waals surface area contributed by atoms with E-state index < -0.39 is 5.97 Å². The lowest BCUT2D eigenvalue weighted by Gasteiger charge is -2.27. The van der Waals surface area contributed by atoms with Crippen LogP contribution >= 0.6 is 0 Å². The van der Waals surface area contributed by atoms with Crippen LogP contribution in [0.5, 0.6) is 5.75 Å². The smallest absolute Gasteiger partial charge is 0.338 e. The first-order valence-corrected chi connectivity index (χ1v) is 6.66. The second kappa shape index (κ2) is 5.57. The highest BCUT2D eigenvalue weighted by Gasteiger charge is 2.21. The van der Waals surface area contributed by atoms with Crippen molar-refractivity contribution in [1.29, 1.82) is 0 Å². The minimum atomic E-state index is -0.407. The molecule has 21 heavy (non-hydrogen) atoms. The van der Waals surface area contributed by atoms with Crippen LogP contribution in [-0.2, 0) is 9.47 Å². The molecule has 0 saturated carbocycles. The summed E-state index contributed by atoms with van der Waals surface area (Å²) in [6, 6.07) is 7.13. The van der Waals surface area contributed by atoms with E-state index in [1.807, 2.05) is 25.3 Å². The van der Waals surface area contributed by atoms with Crippen LogP contribution in [0.2, 0.25) is 0 Å². The molecule has 1 saturated heterocycles. The highest BCUT2D eigenvalue weighted by Crippen LogP contribution is 2.23. The highest BCUT2D eigenvalue weighted by atomic mass is 16.6. The summed E-state index contributed by atoms with van der Waals surface area (Å²) >= 11 is 0. The normalized spacial score (nSPS) is 14.6. The molecule has 0 spiro atoms. The van der Waals surface area contributed by atoms with E-state index in [4.69, 9.17) is 14.2 Å². The van der Waals surface area contributed by atoms with Gasteiger partial charge in [0.15, 0.2) is 0 Å². The van der Waals surface area contributed by atoms with Crippen molar-refractivity contribution in [3.05, 3.63) is 41.7 Å². The first-order chi connectivity index (χ1) is 10.2. The van der Waals surface area contributed by atoms with Gasteiger partial charge in [0, 0.05) is 12.3 Å². The van der Waals surface area contributed by atoms with Crippen LogP contribution in [-0.4, -0.2) is 42.2 Å². The maximum Gasteiger partial charge on any atom is 0.338 e. The number of ether oxygens (including phenoxy) is 3. The third kappa shape index (κ3) is 2.90. The molecule has 1 aromatic heterocycles. The molecule has 0 N–H and O–H groups in total. The molecule has 3 rings (SSSR count). The number of aryl methyl sites for hydroxylation is 1. The summed E-state index contributed by atoms with van der Waals surface area (Å²) in [6.45, 7) is 3.04. The number of hydrogen-bond donors (Lipinski definition) is 0. The average molecular weight is 288 g/mol. The Morgan fingerprint density at radius 2 is 2.19 bits per heavy atom. The van der Waals surface area contributed by atoms with Crippen molar-refractivity contribution < 1.29 is 19.0 Å². The molecule has 0 bridgehead atoms. The molecular formula is C15H16N2O4. The number of aromatic nitrogens is 2. The average Bonchev–Trinajstić information content (AvgIpc) is 2.88. The molecule has 0 amide bonds. The van der Waals surface area contributed by atoms with Crippen molar-refractivity contribution >= 4 is 5.97 Å². The second-order valence-corrected chi connectivity index (χ2v) is 4.89. The van der Waals surface area contributed by atoms with Crippen molar-refractivity contribution in [3.63, 3.8) is 0 Å². The molecule has 0 unspecified atom stereocenters. The first kappa shape index (κ1) is 13.6. The van der Waals surface area contributed by atoms with Crippen LogP contribution in [0, 0.1) is 6.92 Å². The SMILES string of the molecule is COC(=O)c1cc(OC2COC2)cc(-n2ccc(C)n2)c1. The Morgan fingerprint density at radius 3 is 2.76 bits per heavy atom. The fraction of sp³-hybridized carbons (Fsp3) is 0.333. The Morgan fingerprint density at radius 1 is 1.38 bits per heavy atom.